The van der Waals surface area contributed by atoms with E-state index >= 15 is 0 Å². The summed E-state index contributed by atoms with van der Waals surface area (Å²) in [6.07, 6.45) is 0.978. The molecule has 2 atom stereocenters. The lowest BCUT2D eigenvalue weighted by Gasteiger charge is -2.01. The van der Waals surface area contributed by atoms with Crippen LogP contribution in [0.5, 0.6) is 0 Å². The van der Waals surface area contributed by atoms with Crippen molar-refractivity contribution >= 4 is 16.2 Å². The predicted molar refractivity (Wildman–Crippen MR) is 34.2 cm³/mol. The lowest BCUT2D eigenvalue weighted by Crippen LogP contribution is -2.04. The molecule has 2 nitrogen and oxygen atoms in total. The van der Waals surface area contributed by atoms with Crippen molar-refractivity contribution in [3.05, 3.63) is 0 Å². The summed E-state index contributed by atoms with van der Waals surface area (Å²) in [6.45, 7) is 1.89. The van der Waals surface area contributed by atoms with E-state index in [2.05, 4.69) is 10.2 Å². The van der Waals surface area contributed by atoms with E-state index < -0.39 is 0 Å². The molecule has 9 heavy (non-hydrogen) atoms. The Labute approximate surface area is 58.0 Å². The third-order valence-electron chi connectivity index (χ3n) is 1.53. The Morgan fingerprint density at radius 2 is 2.56 bits per heavy atom. The van der Waals surface area contributed by atoms with Crippen LogP contribution >= 0.6 is 0 Å². The molecule has 0 aromatic carbocycles. The van der Waals surface area contributed by atoms with E-state index in [-0.39, 0.29) is 18.0 Å². The van der Waals surface area contributed by atoms with Gasteiger partial charge in [-0.25, -0.2) is 0 Å². The zero-order valence-electron chi connectivity index (χ0n) is 5.39. The normalized spacial score (nSPS) is 34.7. The van der Waals surface area contributed by atoms with Crippen LogP contribution in [0.25, 0.3) is 0 Å². The zero-order chi connectivity index (χ0) is 6.85. The molecule has 3 radical (unpaired) electrons. The van der Waals surface area contributed by atoms with Crippen LogP contribution in [-0.2, 0) is 9.53 Å². The Hall–Kier alpha value is -0.313. The van der Waals surface area contributed by atoms with Gasteiger partial charge in [-0.15, -0.1) is 0 Å². The lowest BCUT2D eigenvalue weighted by molar-refractivity contribution is -0.143. The average molecular weight is 141 g/mol. The van der Waals surface area contributed by atoms with Crippen LogP contribution in [-0.4, -0.2) is 22.3 Å². The highest BCUT2D eigenvalue weighted by Crippen LogP contribution is 2.21. The molecule has 0 aromatic rings. The first-order valence-electron chi connectivity index (χ1n) is 3.09. The van der Waals surface area contributed by atoms with Gasteiger partial charge in [0, 0.05) is 10.2 Å². The van der Waals surface area contributed by atoms with E-state index in [9.17, 15) is 4.79 Å². The third-order valence-corrected chi connectivity index (χ3v) is 1.98. The number of hydrogen-bond donors (Lipinski definition) is 0. The third kappa shape index (κ3) is 1.33. The number of cyclic esters (lactones) is 1. The minimum Gasteiger partial charge on any atom is -0.462 e. The van der Waals surface area contributed by atoms with Crippen LogP contribution < -0.4 is 0 Å². The van der Waals surface area contributed by atoms with Crippen molar-refractivity contribution in [2.75, 3.05) is 0 Å². The first-order valence-corrected chi connectivity index (χ1v) is 3.80. The van der Waals surface area contributed by atoms with Gasteiger partial charge in [0.2, 0.25) is 0 Å². The molecule has 1 rings (SSSR count). The number of esters is 1. The molecule has 1 aliphatic rings. The fourth-order valence-corrected chi connectivity index (χ4v) is 1.19. The van der Waals surface area contributed by atoms with Crippen molar-refractivity contribution < 1.29 is 9.53 Å². The topological polar surface area (TPSA) is 26.3 Å². The maximum absolute atomic E-state index is 10.7. The van der Waals surface area contributed by atoms with Crippen molar-refractivity contribution in [2.24, 2.45) is 5.92 Å². The monoisotopic (exact) mass is 141 g/mol. The first kappa shape index (κ1) is 6.80. The van der Waals surface area contributed by atoms with Crippen molar-refractivity contribution in [2.45, 2.75) is 25.5 Å². The summed E-state index contributed by atoms with van der Waals surface area (Å²) >= 11 is 0. The Morgan fingerprint density at radius 3 is 2.78 bits per heavy atom. The zero-order valence-corrected chi connectivity index (χ0v) is 6.39. The molecular formula is C6H9O2Si. The summed E-state index contributed by atoms with van der Waals surface area (Å²) in [5.74, 6) is 0.0459. The van der Waals surface area contributed by atoms with Crippen LogP contribution in [0.4, 0.5) is 0 Å². The molecule has 0 aliphatic carbocycles. The molecule has 0 bridgehead atoms. The van der Waals surface area contributed by atoms with E-state index in [1.165, 1.54) is 0 Å². The van der Waals surface area contributed by atoms with Crippen molar-refractivity contribution in [3.8, 4) is 0 Å². The van der Waals surface area contributed by atoms with Gasteiger partial charge in [0.15, 0.2) is 0 Å². The minimum atomic E-state index is -0.0572. The van der Waals surface area contributed by atoms with Crippen molar-refractivity contribution in [1.29, 1.82) is 0 Å². The highest BCUT2D eigenvalue weighted by atomic mass is 28.1. The SMILES string of the molecule is CC1CC(C[Si])OC1=O. The standard InChI is InChI=1S/C6H9O2Si/c1-4-2-5(3-9)8-6(4)7/h4-5H,2-3H2,1H3. The Balaban J connectivity index is 2.44. The van der Waals surface area contributed by atoms with Crippen LogP contribution in [0, 0.1) is 5.92 Å². The quantitative estimate of drug-likeness (QED) is 0.393. The number of ether oxygens (including phenoxy) is 1. The predicted octanol–water partition coefficient (Wildman–Crippen LogP) is 0.525. The first-order chi connectivity index (χ1) is 4.24. The highest BCUT2D eigenvalue weighted by Gasteiger charge is 2.29. The maximum atomic E-state index is 10.7. The largest absolute Gasteiger partial charge is 0.462 e. The molecule has 3 heteroatoms. The van der Waals surface area contributed by atoms with Gasteiger partial charge in [-0.05, 0) is 12.5 Å². The number of carbonyl (C=O) groups is 1. The maximum Gasteiger partial charge on any atom is 0.309 e. The van der Waals surface area contributed by atoms with Crippen LogP contribution in [0.15, 0.2) is 0 Å². The van der Waals surface area contributed by atoms with E-state index in [0.717, 1.165) is 12.5 Å². The molecule has 49 valence electrons. The summed E-state index contributed by atoms with van der Waals surface area (Å²) < 4.78 is 4.94. The van der Waals surface area contributed by atoms with Gasteiger partial charge >= 0.3 is 5.97 Å². The Kier molecular flexibility index (Phi) is 1.90. The van der Waals surface area contributed by atoms with Gasteiger partial charge in [-0.2, -0.15) is 0 Å². The fourth-order valence-electron chi connectivity index (χ4n) is 0.944. The average Bonchev–Trinajstić information content (AvgIpc) is 2.13. The second-order valence-electron chi connectivity index (χ2n) is 2.40. The summed E-state index contributed by atoms with van der Waals surface area (Å²) in [5.41, 5.74) is 0. The number of rotatable bonds is 1. The van der Waals surface area contributed by atoms with Gasteiger partial charge in [-0.3, -0.25) is 4.79 Å². The lowest BCUT2D eigenvalue weighted by atomic mass is 10.1. The fraction of sp³-hybridized carbons (Fsp3) is 0.833. The van der Waals surface area contributed by atoms with Gasteiger partial charge in [0.05, 0.1) is 12.0 Å². The number of hydrogen-bond acceptors (Lipinski definition) is 2. The molecule has 1 saturated heterocycles. The van der Waals surface area contributed by atoms with E-state index in [1.54, 1.807) is 0 Å². The molecule has 1 fully saturated rings. The molecule has 1 aliphatic heterocycles. The van der Waals surface area contributed by atoms with Gasteiger partial charge < -0.3 is 4.74 Å². The van der Waals surface area contributed by atoms with Gasteiger partial charge in [0.1, 0.15) is 0 Å². The van der Waals surface area contributed by atoms with Crippen molar-refractivity contribution in [1.82, 2.24) is 0 Å². The molecule has 0 saturated carbocycles. The van der Waals surface area contributed by atoms with Crippen LogP contribution in [0.1, 0.15) is 13.3 Å². The summed E-state index contributed by atoms with van der Waals surface area (Å²) in [6, 6.07) is 0.760. The summed E-state index contributed by atoms with van der Waals surface area (Å²) in [7, 11) is 3.30. The Bertz CT molecular complexity index is 124. The van der Waals surface area contributed by atoms with E-state index in [1.807, 2.05) is 6.92 Å². The summed E-state index contributed by atoms with van der Waals surface area (Å²) in [4.78, 5) is 10.7. The molecule has 0 N–H and O–H groups in total. The van der Waals surface area contributed by atoms with Crippen LogP contribution in [0.3, 0.4) is 0 Å². The second-order valence-corrected chi connectivity index (χ2v) is 2.81. The molecule has 0 aromatic heterocycles. The second kappa shape index (κ2) is 2.52. The van der Waals surface area contributed by atoms with Gasteiger partial charge in [-0.1, -0.05) is 6.92 Å². The number of carbonyl (C=O) groups excluding carboxylic acids is 1. The molecule has 0 amide bonds. The smallest absolute Gasteiger partial charge is 0.309 e. The molecule has 1 heterocycles. The molecular weight excluding hydrogens is 132 g/mol. The minimum absolute atomic E-state index is 0.0572. The van der Waals surface area contributed by atoms with E-state index in [4.69, 9.17) is 4.74 Å². The Morgan fingerprint density at radius 1 is 1.89 bits per heavy atom. The molecule has 0 spiro atoms. The van der Waals surface area contributed by atoms with Gasteiger partial charge in [0.25, 0.3) is 0 Å². The van der Waals surface area contributed by atoms with E-state index in [0.29, 0.717) is 0 Å². The van der Waals surface area contributed by atoms with Crippen LogP contribution in [0.2, 0.25) is 6.04 Å². The summed E-state index contributed by atoms with van der Waals surface area (Å²) in [5, 5.41) is 0. The highest BCUT2D eigenvalue weighted by molar-refractivity contribution is 6.09. The molecule has 2 unspecified atom stereocenters. The van der Waals surface area contributed by atoms with Crippen molar-refractivity contribution in [3.63, 3.8) is 0 Å².